The molecule has 3 aromatic carbocycles. The molecule has 0 fully saturated rings. The molecule has 0 unspecified atom stereocenters. The smallest absolute Gasteiger partial charge is 0.382 e. The number of fused-ring (bicyclic) bond motifs is 2. The minimum Gasteiger partial charge on any atom is -0.382 e. The van der Waals surface area contributed by atoms with Gasteiger partial charge in [0.25, 0.3) is 0 Å². The Bertz CT molecular complexity index is 1370. The Morgan fingerprint density at radius 1 is 0.969 bits per heavy atom. The van der Waals surface area contributed by atoms with Gasteiger partial charge in [-0.05, 0) is 61.8 Å². The van der Waals surface area contributed by atoms with Gasteiger partial charge in [-0.15, -0.1) is 0 Å². The summed E-state index contributed by atoms with van der Waals surface area (Å²) in [5.41, 5.74) is 3.58. The first-order valence-corrected chi connectivity index (χ1v) is 10.8. The van der Waals surface area contributed by atoms with Gasteiger partial charge in [0.15, 0.2) is 5.78 Å². The fourth-order valence-electron chi connectivity index (χ4n) is 4.01. The summed E-state index contributed by atoms with van der Waals surface area (Å²) < 4.78 is 44.6. The van der Waals surface area contributed by atoms with Crippen LogP contribution in [0.25, 0.3) is 21.3 Å². The van der Waals surface area contributed by atoms with Gasteiger partial charge in [0, 0.05) is 33.9 Å². The molecule has 4 aromatic rings. The average molecular weight is 453 g/mol. The van der Waals surface area contributed by atoms with Gasteiger partial charge in [-0.1, -0.05) is 18.2 Å². The van der Waals surface area contributed by atoms with Gasteiger partial charge in [0.05, 0.1) is 27.2 Å². The van der Waals surface area contributed by atoms with Gasteiger partial charge in [-0.2, -0.15) is 17.5 Å². The third-order valence-electron chi connectivity index (χ3n) is 5.33. The number of nitrogens with one attached hydrogen (secondary N) is 2. The number of alkyl halides is 3. The third kappa shape index (κ3) is 3.31. The van der Waals surface area contributed by atoms with Gasteiger partial charge in [0.2, 0.25) is 0 Å². The van der Waals surface area contributed by atoms with Crippen LogP contribution in [0.3, 0.4) is 0 Å². The molecule has 162 valence electrons. The molecular formula is C24H18F3N3OS. The van der Waals surface area contributed by atoms with Gasteiger partial charge in [0.1, 0.15) is 0 Å². The molecule has 32 heavy (non-hydrogen) atoms. The summed E-state index contributed by atoms with van der Waals surface area (Å²) in [6.45, 7) is 4.01. The van der Waals surface area contributed by atoms with Gasteiger partial charge >= 0.3 is 6.18 Å². The lowest BCUT2D eigenvalue weighted by Crippen LogP contribution is -2.17. The quantitative estimate of drug-likeness (QED) is 0.305. The maximum absolute atomic E-state index is 13.4. The zero-order valence-corrected chi connectivity index (χ0v) is 18.0. The van der Waals surface area contributed by atoms with Crippen molar-refractivity contribution >= 4 is 44.5 Å². The van der Waals surface area contributed by atoms with E-state index < -0.39 is 11.7 Å². The first-order chi connectivity index (χ1) is 15.2. The van der Waals surface area contributed by atoms with E-state index in [9.17, 15) is 18.0 Å². The van der Waals surface area contributed by atoms with E-state index in [2.05, 4.69) is 15.0 Å². The van der Waals surface area contributed by atoms with Crippen LogP contribution in [0.1, 0.15) is 35.3 Å². The van der Waals surface area contributed by atoms with E-state index in [1.165, 1.54) is 17.6 Å². The lowest BCUT2D eigenvalue weighted by atomic mass is 9.86. The topological polar surface area (TPSA) is 54.0 Å². The number of anilines is 3. The maximum Gasteiger partial charge on any atom is 0.416 e. The van der Waals surface area contributed by atoms with E-state index in [0.29, 0.717) is 22.5 Å². The second-order valence-corrected chi connectivity index (χ2v) is 8.73. The molecule has 1 aliphatic carbocycles. The SMILES string of the molecule is CC(C)Nc1cccc2c1C(=O)c1ccc(Nc3cccc(C(F)(F)F)c3)c3snc-2c13. The molecule has 0 saturated heterocycles. The highest BCUT2D eigenvalue weighted by Gasteiger charge is 2.32. The molecule has 0 aliphatic heterocycles. The van der Waals surface area contributed by atoms with E-state index in [4.69, 9.17) is 0 Å². The number of halogens is 3. The summed E-state index contributed by atoms with van der Waals surface area (Å²) in [7, 11) is 0. The number of hydrogen-bond donors (Lipinski definition) is 2. The Morgan fingerprint density at radius 3 is 2.50 bits per heavy atom. The van der Waals surface area contributed by atoms with Gasteiger partial charge in [-0.3, -0.25) is 4.79 Å². The van der Waals surface area contributed by atoms with E-state index >= 15 is 0 Å². The highest BCUT2D eigenvalue weighted by molar-refractivity contribution is 7.14. The van der Waals surface area contributed by atoms with Crippen LogP contribution in [0, 0.1) is 0 Å². The molecule has 0 radical (unpaired) electrons. The van der Waals surface area contributed by atoms with E-state index in [1.807, 2.05) is 32.0 Å². The van der Waals surface area contributed by atoms with E-state index in [1.54, 1.807) is 18.2 Å². The Labute approximate surface area is 186 Å². The second kappa shape index (κ2) is 7.34. The highest BCUT2D eigenvalue weighted by atomic mass is 32.1. The number of carbonyl (C=O) groups excluding carboxylic acids is 1. The predicted molar refractivity (Wildman–Crippen MR) is 122 cm³/mol. The molecule has 0 bridgehead atoms. The molecule has 0 spiro atoms. The Balaban J connectivity index is 1.62. The first kappa shape index (κ1) is 20.5. The summed E-state index contributed by atoms with van der Waals surface area (Å²) in [5.74, 6) is -0.0907. The summed E-state index contributed by atoms with van der Waals surface area (Å²) >= 11 is 1.23. The fourth-order valence-corrected chi connectivity index (χ4v) is 4.90. The van der Waals surface area contributed by atoms with Gasteiger partial charge < -0.3 is 10.6 Å². The van der Waals surface area contributed by atoms with Crippen molar-refractivity contribution in [1.82, 2.24) is 4.37 Å². The van der Waals surface area contributed by atoms with Gasteiger partial charge in [-0.25, -0.2) is 0 Å². The van der Waals surface area contributed by atoms with Crippen LogP contribution in [0.4, 0.5) is 30.2 Å². The van der Waals surface area contributed by atoms with E-state index in [-0.39, 0.29) is 11.8 Å². The maximum atomic E-state index is 13.4. The number of nitrogens with zero attached hydrogens (tertiary/aromatic N) is 1. The Kier molecular flexibility index (Phi) is 4.70. The summed E-state index contributed by atoms with van der Waals surface area (Å²) in [6.07, 6.45) is -4.42. The van der Waals surface area contributed by atoms with Crippen LogP contribution in [0.5, 0.6) is 0 Å². The second-order valence-electron chi connectivity index (χ2n) is 7.96. The monoisotopic (exact) mass is 453 g/mol. The summed E-state index contributed by atoms with van der Waals surface area (Å²) in [5, 5.41) is 7.13. The van der Waals surface area contributed by atoms with Crippen LogP contribution < -0.4 is 10.6 Å². The normalized spacial score (nSPS) is 12.9. The average Bonchev–Trinajstić information content (AvgIpc) is 3.18. The lowest BCUT2D eigenvalue weighted by Gasteiger charge is -2.21. The standard InChI is InChI=1S/C24H18F3N3OS/c1-12(2)28-17-8-4-7-15-19(17)22(31)16-9-10-18(23-20(16)21(15)30-32-23)29-14-6-3-5-13(11-14)24(25,26)27/h3-12,28-29H,1-2H3. The predicted octanol–water partition coefficient (Wildman–Crippen LogP) is 7.09. The molecule has 2 N–H and O–H groups in total. The molecule has 4 nitrogen and oxygen atoms in total. The molecular weight excluding hydrogens is 435 g/mol. The number of rotatable bonds is 4. The van der Waals surface area contributed by atoms with Crippen molar-refractivity contribution in [3.05, 3.63) is 71.3 Å². The highest BCUT2D eigenvalue weighted by Crippen LogP contribution is 2.45. The largest absolute Gasteiger partial charge is 0.416 e. The minimum atomic E-state index is -4.42. The van der Waals surface area contributed by atoms with Crippen molar-refractivity contribution in [3.63, 3.8) is 0 Å². The zero-order chi connectivity index (χ0) is 22.6. The molecule has 1 aliphatic rings. The minimum absolute atomic E-state index is 0.0907. The van der Waals surface area contributed by atoms with Crippen LogP contribution in [-0.2, 0) is 6.18 Å². The van der Waals surface area contributed by atoms with Crippen molar-refractivity contribution in [1.29, 1.82) is 0 Å². The third-order valence-corrected chi connectivity index (χ3v) is 6.21. The summed E-state index contributed by atoms with van der Waals surface area (Å²) in [6, 6.07) is 14.3. The Morgan fingerprint density at radius 2 is 1.75 bits per heavy atom. The van der Waals surface area contributed by atoms with Crippen molar-refractivity contribution in [3.8, 4) is 11.3 Å². The van der Waals surface area contributed by atoms with Crippen LogP contribution in [0.15, 0.2) is 54.6 Å². The number of aromatic nitrogens is 1. The molecule has 5 rings (SSSR count). The summed E-state index contributed by atoms with van der Waals surface area (Å²) in [4.78, 5) is 13.4. The van der Waals surface area contributed by atoms with Crippen LogP contribution in [0.2, 0.25) is 0 Å². The number of ketones is 1. The molecule has 1 aromatic heterocycles. The molecule has 0 amide bonds. The van der Waals surface area contributed by atoms with Crippen LogP contribution in [-0.4, -0.2) is 16.2 Å². The van der Waals surface area contributed by atoms with Crippen LogP contribution >= 0.6 is 11.5 Å². The first-order valence-electron chi connectivity index (χ1n) is 10.1. The lowest BCUT2D eigenvalue weighted by molar-refractivity contribution is -0.137. The number of carbonyl (C=O) groups is 1. The zero-order valence-electron chi connectivity index (χ0n) is 17.2. The molecule has 1 heterocycles. The number of hydrogen-bond acceptors (Lipinski definition) is 5. The van der Waals surface area contributed by atoms with Crippen molar-refractivity contribution in [2.45, 2.75) is 26.1 Å². The Hall–Kier alpha value is -3.39. The fraction of sp³-hybridized carbons (Fsp3) is 0.167. The number of benzene rings is 3. The van der Waals surface area contributed by atoms with Crippen molar-refractivity contribution in [2.24, 2.45) is 0 Å². The molecule has 0 saturated carbocycles. The van der Waals surface area contributed by atoms with Crippen molar-refractivity contribution < 1.29 is 18.0 Å². The molecule has 0 atom stereocenters. The van der Waals surface area contributed by atoms with E-state index in [0.717, 1.165) is 39.2 Å². The van der Waals surface area contributed by atoms with Crippen molar-refractivity contribution in [2.75, 3.05) is 10.6 Å². The molecule has 8 heteroatoms.